The molecule has 0 aliphatic rings. The van der Waals surface area contributed by atoms with Gasteiger partial charge < -0.3 is 15.4 Å². The molecule has 0 atom stereocenters. The fraction of sp³-hybridized carbons (Fsp3) is 0.412. The smallest absolute Gasteiger partial charge is 0.191 e. The van der Waals surface area contributed by atoms with Crippen LogP contribution >= 0.6 is 24.0 Å². The minimum Gasteiger partial charge on any atom is -0.380 e. The van der Waals surface area contributed by atoms with E-state index in [0.29, 0.717) is 13.2 Å². The van der Waals surface area contributed by atoms with Crippen LogP contribution in [0.4, 0.5) is 0 Å². The summed E-state index contributed by atoms with van der Waals surface area (Å²) in [7, 11) is 0. The topological polar surface area (TPSA) is 63.5 Å². The average molecular weight is 443 g/mol. The summed E-state index contributed by atoms with van der Waals surface area (Å²) in [5.74, 6) is 0.809. The molecule has 1 heterocycles. The van der Waals surface area contributed by atoms with Gasteiger partial charge >= 0.3 is 0 Å². The van der Waals surface area contributed by atoms with E-state index < -0.39 is 0 Å². The molecule has 0 unspecified atom stereocenters. The van der Waals surface area contributed by atoms with Crippen LogP contribution in [-0.4, -0.2) is 42.0 Å². The summed E-state index contributed by atoms with van der Waals surface area (Å²) in [6.45, 7) is 7.67. The van der Waals surface area contributed by atoms with E-state index in [4.69, 9.17) is 4.74 Å². The van der Waals surface area contributed by atoms with Gasteiger partial charge in [-0.05, 0) is 37.6 Å². The molecule has 0 saturated carbocycles. The summed E-state index contributed by atoms with van der Waals surface area (Å²) in [5, 5.41) is 10.7. The van der Waals surface area contributed by atoms with Crippen molar-refractivity contribution in [3.63, 3.8) is 0 Å². The van der Waals surface area contributed by atoms with Crippen molar-refractivity contribution in [2.45, 2.75) is 20.4 Å². The van der Waals surface area contributed by atoms with Crippen molar-refractivity contribution in [1.29, 1.82) is 0 Å². The number of halogens is 1. The Morgan fingerprint density at radius 3 is 2.62 bits per heavy atom. The number of nitrogens with zero attached hydrogens (tertiary/aromatic N) is 3. The maximum atomic E-state index is 5.32. The maximum Gasteiger partial charge on any atom is 0.191 e. The quantitative estimate of drug-likeness (QED) is 0.285. The van der Waals surface area contributed by atoms with Crippen LogP contribution in [-0.2, 0) is 11.3 Å². The third-order valence-electron chi connectivity index (χ3n) is 3.21. The molecule has 0 radical (unpaired) electrons. The van der Waals surface area contributed by atoms with Crippen LogP contribution in [0.5, 0.6) is 0 Å². The highest BCUT2D eigenvalue weighted by molar-refractivity contribution is 14.0. The molecule has 0 bridgehead atoms. The van der Waals surface area contributed by atoms with Crippen LogP contribution in [0.15, 0.2) is 47.7 Å². The van der Waals surface area contributed by atoms with Crippen LogP contribution < -0.4 is 10.6 Å². The van der Waals surface area contributed by atoms with Crippen molar-refractivity contribution < 1.29 is 4.74 Å². The van der Waals surface area contributed by atoms with E-state index in [9.17, 15) is 0 Å². The fourth-order valence-corrected chi connectivity index (χ4v) is 2.07. The zero-order chi connectivity index (χ0) is 16.3. The summed E-state index contributed by atoms with van der Waals surface area (Å²) in [4.78, 5) is 4.59. The summed E-state index contributed by atoms with van der Waals surface area (Å²) >= 11 is 0. The number of benzene rings is 1. The van der Waals surface area contributed by atoms with Gasteiger partial charge in [-0.2, -0.15) is 5.10 Å². The van der Waals surface area contributed by atoms with Gasteiger partial charge in [-0.15, -0.1) is 24.0 Å². The lowest BCUT2D eigenvalue weighted by molar-refractivity contribution is 0.152. The molecular formula is C17H26IN5O. The molecule has 1 aromatic carbocycles. The van der Waals surface area contributed by atoms with Gasteiger partial charge in [0.15, 0.2) is 5.96 Å². The van der Waals surface area contributed by atoms with Gasteiger partial charge in [-0.1, -0.05) is 12.1 Å². The standard InChI is InChI=1S/C17H25N5O.HI/c1-3-18-17(19-11-13-23-4-2)20-14-15-6-8-16(9-7-15)22-12-5-10-21-22;/h5-10,12H,3-4,11,13-14H2,1-2H3,(H2,18,19,20);1H. The molecule has 1 aromatic heterocycles. The summed E-state index contributed by atoms with van der Waals surface area (Å²) in [6, 6.07) is 10.2. The maximum absolute atomic E-state index is 5.32. The van der Waals surface area contributed by atoms with Crippen molar-refractivity contribution in [2.24, 2.45) is 4.99 Å². The zero-order valence-electron chi connectivity index (χ0n) is 14.2. The van der Waals surface area contributed by atoms with E-state index in [-0.39, 0.29) is 24.0 Å². The molecule has 0 saturated heterocycles. The van der Waals surface area contributed by atoms with E-state index in [1.54, 1.807) is 6.20 Å². The van der Waals surface area contributed by atoms with Crippen molar-refractivity contribution >= 4 is 29.9 Å². The average Bonchev–Trinajstić information content (AvgIpc) is 3.11. The first kappa shape index (κ1) is 20.4. The first-order valence-corrected chi connectivity index (χ1v) is 8.02. The molecular weight excluding hydrogens is 417 g/mol. The third-order valence-corrected chi connectivity index (χ3v) is 3.21. The molecule has 0 aliphatic carbocycles. The molecule has 0 fully saturated rings. The zero-order valence-corrected chi connectivity index (χ0v) is 16.6. The van der Waals surface area contributed by atoms with Gasteiger partial charge in [0.25, 0.3) is 0 Å². The second-order valence-corrected chi connectivity index (χ2v) is 4.94. The Kier molecular flexibility index (Phi) is 10.1. The highest BCUT2D eigenvalue weighted by Gasteiger charge is 1.99. The minimum atomic E-state index is 0. The molecule has 2 rings (SSSR count). The number of rotatable bonds is 8. The third kappa shape index (κ3) is 6.88. The molecule has 24 heavy (non-hydrogen) atoms. The first-order chi connectivity index (χ1) is 11.3. The Labute approximate surface area is 160 Å². The summed E-state index contributed by atoms with van der Waals surface area (Å²) < 4.78 is 7.16. The van der Waals surface area contributed by atoms with Crippen LogP contribution in [0.25, 0.3) is 5.69 Å². The van der Waals surface area contributed by atoms with E-state index in [1.165, 1.54) is 0 Å². The van der Waals surface area contributed by atoms with Crippen molar-refractivity contribution in [3.8, 4) is 5.69 Å². The number of hydrogen-bond acceptors (Lipinski definition) is 3. The lowest BCUT2D eigenvalue weighted by Crippen LogP contribution is -2.39. The van der Waals surface area contributed by atoms with Crippen molar-refractivity contribution in [1.82, 2.24) is 20.4 Å². The van der Waals surface area contributed by atoms with Gasteiger partial charge in [0.2, 0.25) is 0 Å². The lowest BCUT2D eigenvalue weighted by atomic mass is 10.2. The van der Waals surface area contributed by atoms with E-state index >= 15 is 0 Å². The first-order valence-electron chi connectivity index (χ1n) is 8.02. The molecule has 6 nitrogen and oxygen atoms in total. The molecule has 2 N–H and O–H groups in total. The number of guanidine groups is 1. The molecule has 132 valence electrons. The summed E-state index contributed by atoms with van der Waals surface area (Å²) in [5.41, 5.74) is 2.20. The highest BCUT2D eigenvalue weighted by Crippen LogP contribution is 2.09. The van der Waals surface area contributed by atoms with Gasteiger partial charge in [0.05, 0.1) is 18.8 Å². The Bertz CT molecular complexity index is 584. The van der Waals surface area contributed by atoms with Crippen LogP contribution in [0, 0.1) is 0 Å². The predicted molar refractivity (Wildman–Crippen MR) is 108 cm³/mol. The fourth-order valence-electron chi connectivity index (χ4n) is 2.07. The van der Waals surface area contributed by atoms with Gasteiger partial charge in [0.1, 0.15) is 0 Å². The normalized spacial score (nSPS) is 11.0. The van der Waals surface area contributed by atoms with Crippen LogP contribution in [0.3, 0.4) is 0 Å². The van der Waals surface area contributed by atoms with Crippen molar-refractivity contribution in [3.05, 3.63) is 48.3 Å². The van der Waals surface area contributed by atoms with Gasteiger partial charge in [-0.3, -0.25) is 0 Å². The van der Waals surface area contributed by atoms with Gasteiger partial charge in [0, 0.05) is 32.1 Å². The number of aliphatic imine (C=N–C) groups is 1. The number of hydrogen-bond donors (Lipinski definition) is 2. The van der Waals surface area contributed by atoms with E-state index in [2.05, 4.69) is 39.8 Å². The number of aromatic nitrogens is 2. The second kappa shape index (κ2) is 11.9. The molecule has 0 aliphatic heterocycles. The highest BCUT2D eigenvalue weighted by atomic mass is 127. The largest absolute Gasteiger partial charge is 0.380 e. The Morgan fingerprint density at radius 2 is 2.00 bits per heavy atom. The minimum absolute atomic E-state index is 0. The SMILES string of the molecule is CCNC(=NCc1ccc(-n2cccn2)cc1)NCCOCC.I. The Hall–Kier alpha value is -1.61. The predicted octanol–water partition coefficient (Wildman–Crippen LogP) is 2.58. The molecule has 7 heteroatoms. The van der Waals surface area contributed by atoms with Crippen LogP contribution in [0.2, 0.25) is 0 Å². The summed E-state index contributed by atoms with van der Waals surface area (Å²) in [6.07, 6.45) is 3.70. The van der Waals surface area contributed by atoms with E-state index in [0.717, 1.165) is 36.9 Å². The molecule has 0 amide bonds. The van der Waals surface area contributed by atoms with Gasteiger partial charge in [-0.25, -0.2) is 9.67 Å². The Balaban J connectivity index is 0.00000288. The number of ether oxygens (including phenoxy) is 1. The molecule has 2 aromatic rings. The monoisotopic (exact) mass is 443 g/mol. The Morgan fingerprint density at radius 1 is 1.21 bits per heavy atom. The second-order valence-electron chi connectivity index (χ2n) is 4.94. The van der Waals surface area contributed by atoms with Crippen LogP contribution in [0.1, 0.15) is 19.4 Å². The number of nitrogens with one attached hydrogen (secondary N) is 2. The lowest BCUT2D eigenvalue weighted by Gasteiger charge is -2.11. The van der Waals surface area contributed by atoms with E-state index in [1.807, 2.05) is 36.0 Å². The molecule has 0 spiro atoms. The van der Waals surface area contributed by atoms with Crippen molar-refractivity contribution in [2.75, 3.05) is 26.3 Å².